The number of alkyl halides is 1. The summed E-state index contributed by atoms with van der Waals surface area (Å²) in [6.45, 7) is 8.29. The van der Waals surface area contributed by atoms with E-state index in [0.29, 0.717) is 24.5 Å². The number of hydrogen-bond donors (Lipinski definition) is 0. The summed E-state index contributed by atoms with van der Waals surface area (Å²) in [6.07, 6.45) is 1.34. The van der Waals surface area contributed by atoms with Gasteiger partial charge in [-0.25, -0.2) is 0 Å². The normalized spacial score (nSPS) is 12.9. The Balaban J connectivity index is 2.99. The summed E-state index contributed by atoms with van der Waals surface area (Å²) in [7, 11) is 1.61. The molecule has 0 N–H and O–H groups in total. The van der Waals surface area contributed by atoms with Crippen LogP contribution in [0.1, 0.15) is 39.7 Å². The number of rotatable bonds is 7. The van der Waals surface area contributed by atoms with Crippen molar-refractivity contribution in [2.24, 2.45) is 5.41 Å². The van der Waals surface area contributed by atoms with Crippen LogP contribution in [0.2, 0.25) is 0 Å². The molecule has 0 bridgehead atoms. The number of halogens is 1. The Morgan fingerprint density at radius 2 is 2.00 bits per heavy atom. The van der Waals surface area contributed by atoms with E-state index in [1.165, 1.54) is 0 Å². The van der Waals surface area contributed by atoms with E-state index in [0.717, 1.165) is 12.0 Å². The van der Waals surface area contributed by atoms with Gasteiger partial charge in [-0.2, -0.15) is 0 Å². The van der Waals surface area contributed by atoms with E-state index in [-0.39, 0.29) is 5.78 Å². The molecule has 0 aliphatic rings. The molecule has 0 aliphatic carbocycles. The van der Waals surface area contributed by atoms with Gasteiger partial charge in [-0.3, -0.25) is 4.79 Å². The first-order valence-corrected chi connectivity index (χ1v) is 7.72. The van der Waals surface area contributed by atoms with Crippen LogP contribution in [-0.2, 0) is 11.2 Å². The van der Waals surface area contributed by atoms with Gasteiger partial charge < -0.3 is 9.47 Å². The van der Waals surface area contributed by atoms with Gasteiger partial charge in [0.15, 0.2) is 17.3 Å². The second-order valence-electron chi connectivity index (χ2n) is 6.08. The first-order valence-electron chi connectivity index (χ1n) is 7.28. The zero-order chi connectivity index (χ0) is 16.0. The molecule has 0 fully saturated rings. The number of ketones is 1. The van der Waals surface area contributed by atoms with Crippen LogP contribution in [0.25, 0.3) is 0 Å². The van der Waals surface area contributed by atoms with Crippen molar-refractivity contribution in [3.05, 3.63) is 23.8 Å². The zero-order valence-corrected chi connectivity index (χ0v) is 14.3. The van der Waals surface area contributed by atoms with E-state index in [1.807, 2.05) is 45.9 Å². The third-order valence-corrected chi connectivity index (χ3v) is 3.51. The number of para-hydroxylation sites is 1. The van der Waals surface area contributed by atoms with Crippen molar-refractivity contribution in [2.75, 3.05) is 13.7 Å². The number of benzene rings is 1. The Morgan fingerprint density at radius 1 is 1.33 bits per heavy atom. The molecule has 3 nitrogen and oxygen atoms in total. The van der Waals surface area contributed by atoms with E-state index in [4.69, 9.17) is 21.1 Å². The predicted octanol–water partition coefficient (Wildman–Crippen LogP) is 4.25. The summed E-state index contributed by atoms with van der Waals surface area (Å²) in [5, 5.41) is -0.568. The second kappa shape index (κ2) is 7.69. The predicted molar refractivity (Wildman–Crippen MR) is 86.6 cm³/mol. The summed E-state index contributed by atoms with van der Waals surface area (Å²) >= 11 is 6.31. The van der Waals surface area contributed by atoms with Crippen LogP contribution in [0.4, 0.5) is 0 Å². The molecule has 1 aromatic carbocycles. The van der Waals surface area contributed by atoms with E-state index in [2.05, 4.69) is 0 Å². The van der Waals surface area contributed by atoms with Gasteiger partial charge in [-0.05, 0) is 24.5 Å². The van der Waals surface area contributed by atoms with Gasteiger partial charge >= 0.3 is 0 Å². The van der Waals surface area contributed by atoms with Gasteiger partial charge in [0.2, 0.25) is 0 Å². The molecule has 0 radical (unpaired) electrons. The summed E-state index contributed by atoms with van der Waals surface area (Å²) in [5.41, 5.74) is 0.454. The van der Waals surface area contributed by atoms with Crippen LogP contribution in [0.3, 0.4) is 0 Å². The largest absolute Gasteiger partial charge is 0.493 e. The summed E-state index contributed by atoms with van der Waals surface area (Å²) in [4.78, 5) is 12.2. The molecule has 0 spiro atoms. The second-order valence-corrected chi connectivity index (χ2v) is 6.61. The fourth-order valence-corrected chi connectivity index (χ4v) is 2.50. The van der Waals surface area contributed by atoms with Crippen molar-refractivity contribution < 1.29 is 14.3 Å². The molecule has 0 saturated heterocycles. The van der Waals surface area contributed by atoms with Crippen molar-refractivity contribution in [1.29, 1.82) is 0 Å². The van der Waals surface area contributed by atoms with Gasteiger partial charge in [0.1, 0.15) is 0 Å². The Morgan fingerprint density at radius 3 is 2.52 bits per heavy atom. The highest BCUT2D eigenvalue weighted by Crippen LogP contribution is 2.33. The molecule has 118 valence electrons. The molecule has 0 heterocycles. The van der Waals surface area contributed by atoms with Gasteiger partial charge in [0.25, 0.3) is 0 Å². The molecule has 0 aliphatic heterocycles. The first kappa shape index (κ1) is 17.8. The quantitative estimate of drug-likeness (QED) is 0.706. The number of hydrogen-bond acceptors (Lipinski definition) is 3. The molecular formula is C17H25ClO3. The minimum atomic E-state index is -0.568. The monoisotopic (exact) mass is 312 g/mol. The average molecular weight is 313 g/mol. The van der Waals surface area contributed by atoms with Gasteiger partial charge in [-0.1, -0.05) is 39.8 Å². The molecule has 0 aromatic heterocycles. The fourth-order valence-electron chi connectivity index (χ4n) is 2.01. The molecule has 4 heteroatoms. The highest BCUT2D eigenvalue weighted by molar-refractivity contribution is 6.31. The van der Waals surface area contributed by atoms with Gasteiger partial charge in [0, 0.05) is 5.41 Å². The number of carbonyl (C=O) groups is 1. The van der Waals surface area contributed by atoms with Gasteiger partial charge in [0.05, 0.1) is 19.1 Å². The number of ether oxygens (including phenoxy) is 2. The van der Waals surface area contributed by atoms with Crippen LogP contribution >= 0.6 is 11.6 Å². The van der Waals surface area contributed by atoms with Crippen molar-refractivity contribution in [3.8, 4) is 11.5 Å². The van der Waals surface area contributed by atoms with E-state index in [9.17, 15) is 4.79 Å². The van der Waals surface area contributed by atoms with E-state index in [1.54, 1.807) is 7.11 Å². The maximum Gasteiger partial charge on any atom is 0.164 e. The standard InChI is InChI=1S/C17H25ClO3/c1-6-10-21-15-12(8-7-9-14(15)20-5)11-13(18)16(19)17(2,3)4/h7-9,13H,6,10-11H2,1-5H3. The minimum absolute atomic E-state index is 0.0356. The van der Waals surface area contributed by atoms with Crippen LogP contribution in [0.5, 0.6) is 11.5 Å². The minimum Gasteiger partial charge on any atom is -0.493 e. The molecule has 21 heavy (non-hydrogen) atoms. The van der Waals surface area contributed by atoms with Crippen molar-refractivity contribution in [1.82, 2.24) is 0 Å². The third kappa shape index (κ3) is 4.92. The van der Waals surface area contributed by atoms with Crippen LogP contribution in [-0.4, -0.2) is 24.9 Å². The highest BCUT2D eigenvalue weighted by atomic mass is 35.5. The summed E-state index contributed by atoms with van der Waals surface area (Å²) < 4.78 is 11.1. The maximum atomic E-state index is 12.2. The summed E-state index contributed by atoms with van der Waals surface area (Å²) in [6, 6.07) is 5.67. The maximum absolute atomic E-state index is 12.2. The van der Waals surface area contributed by atoms with Crippen molar-refractivity contribution in [2.45, 2.75) is 45.9 Å². The number of Topliss-reactive ketones (excluding diaryl/α,β-unsaturated/α-hetero) is 1. The Labute approximate surface area is 132 Å². The lowest BCUT2D eigenvalue weighted by molar-refractivity contribution is -0.125. The zero-order valence-electron chi connectivity index (χ0n) is 13.5. The average Bonchev–Trinajstić information content (AvgIpc) is 2.43. The number of methoxy groups -OCH3 is 1. The van der Waals surface area contributed by atoms with E-state index < -0.39 is 10.8 Å². The fraction of sp³-hybridized carbons (Fsp3) is 0.588. The summed E-state index contributed by atoms with van der Waals surface area (Å²) in [5.74, 6) is 1.40. The smallest absolute Gasteiger partial charge is 0.164 e. The molecule has 1 aromatic rings. The van der Waals surface area contributed by atoms with Crippen LogP contribution in [0, 0.1) is 5.41 Å². The molecule has 1 rings (SSSR count). The Bertz CT molecular complexity index is 477. The van der Waals surface area contributed by atoms with Gasteiger partial charge in [-0.15, -0.1) is 11.6 Å². The molecule has 0 saturated carbocycles. The first-order chi connectivity index (χ1) is 9.81. The lowest BCUT2D eigenvalue weighted by atomic mass is 9.87. The molecule has 1 atom stereocenters. The lowest BCUT2D eigenvalue weighted by Crippen LogP contribution is -2.30. The van der Waals surface area contributed by atoms with E-state index >= 15 is 0 Å². The third-order valence-electron chi connectivity index (χ3n) is 3.15. The number of carbonyl (C=O) groups excluding carboxylic acids is 1. The van der Waals surface area contributed by atoms with Crippen molar-refractivity contribution in [3.63, 3.8) is 0 Å². The SMILES string of the molecule is CCCOc1c(CC(Cl)C(=O)C(C)(C)C)cccc1OC. The molecular weight excluding hydrogens is 288 g/mol. The topological polar surface area (TPSA) is 35.5 Å². The molecule has 1 unspecified atom stereocenters. The van der Waals surface area contributed by atoms with Crippen LogP contribution < -0.4 is 9.47 Å². The Hall–Kier alpha value is -1.22. The Kier molecular flexibility index (Phi) is 6.53. The molecule has 0 amide bonds. The van der Waals surface area contributed by atoms with Crippen molar-refractivity contribution >= 4 is 17.4 Å². The highest BCUT2D eigenvalue weighted by Gasteiger charge is 2.29. The van der Waals surface area contributed by atoms with Crippen LogP contribution in [0.15, 0.2) is 18.2 Å². The lowest BCUT2D eigenvalue weighted by Gasteiger charge is -2.21.